The van der Waals surface area contributed by atoms with Crippen LogP contribution in [0.25, 0.3) is 0 Å². The number of hydrogen-bond acceptors (Lipinski definition) is 4. The molecule has 0 saturated carbocycles. The average Bonchev–Trinajstić information content (AvgIpc) is 2.44. The van der Waals surface area contributed by atoms with Crippen molar-refractivity contribution in [2.75, 3.05) is 25.6 Å². The summed E-state index contributed by atoms with van der Waals surface area (Å²) in [4.78, 5) is 0. The molecule has 21 heavy (non-hydrogen) atoms. The van der Waals surface area contributed by atoms with E-state index in [4.69, 9.17) is 14.6 Å². The minimum absolute atomic E-state index is 0.115. The van der Waals surface area contributed by atoms with Crippen LogP contribution in [0, 0.1) is 0 Å². The summed E-state index contributed by atoms with van der Waals surface area (Å²) in [5, 5.41) is 4.95. The first-order chi connectivity index (χ1) is 10.1. The van der Waals surface area contributed by atoms with E-state index in [1.165, 1.54) is 25.7 Å². The largest absolute Gasteiger partial charge is 0.379 e. The molecule has 5 nitrogen and oxygen atoms in total. The molecular formula is C15H31NO4S. The Hall–Kier alpha value is -0.170. The highest BCUT2D eigenvalue weighted by molar-refractivity contribution is 7.89. The fraction of sp³-hybridized carbons (Fsp3) is 1.00. The number of nitrogens with two attached hydrogens (primary N) is 1. The van der Waals surface area contributed by atoms with Gasteiger partial charge in [-0.25, -0.2) is 13.6 Å². The Labute approximate surface area is 129 Å². The van der Waals surface area contributed by atoms with Crippen molar-refractivity contribution in [1.29, 1.82) is 0 Å². The lowest BCUT2D eigenvalue weighted by atomic mass is 10.1. The van der Waals surface area contributed by atoms with Gasteiger partial charge in [0.05, 0.1) is 18.5 Å². The van der Waals surface area contributed by atoms with Crippen LogP contribution in [0.5, 0.6) is 0 Å². The Morgan fingerprint density at radius 1 is 1.00 bits per heavy atom. The number of primary sulfonamides is 1. The lowest BCUT2D eigenvalue weighted by Crippen LogP contribution is -2.24. The standard InChI is InChI=1S/C15H31NO4S/c16-21(17,18)13-9-5-3-1-2-4-7-11-19-14-15-10-6-8-12-20-15/h15H,1-14H2,(H2,16,17,18). The Bertz CT molecular complexity index is 340. The second kappa shape index (κ2) is 11.4. The molecule has 1 rings (SSSR count). The van der Waals surface area contributed by atoms with Crippen molar-refractivity contribution >= 4 is 10.0 Å². The first kappa shape index (κ1) is 18.9. The second-order valence-electron chi connectivity index (χ2n) is 5.91. The lowest BCUT2D eigenvalue weighted by molar-refractivity contribution is -0.0411. The average molecular weight is 321 g/mol. The van der Waals surface area contributed by atoms with Gasteiger partial charge in [0.25, 0.3) is 0 Å². The molecule has 0 bridgehead atoms. The van der Waals surface area contributed by atoms with Gasteiger partial charge in [0.2, 0.25) is 10.0 Å². The molecular weight excluding hydrogens is 290 g/mol. The first-order valence-corrected chi connectivity index (χ1v) is 9.99. The van der Waals surface area contributed by atoms with Gasteiger partial charge in [0, 0.05) is 13.2 Å². The smallest absolute Gasteiger partial charge is 0.209 e. The highest BCUT2D eigenvalue weighted by atomic mass is 32.2. The first-order valence-electron chi connectivity index (χ1n) is 8.28. The molecule has 6 heteroatoms. The third kappa shape index (κ3) is 12.1. The van der Waals surface area contributed by atoms with Crippen LogP contribution >= 0.6 is 0 Å². The Balaban J connectivity index is 1.76. The SMILES string of the molecule is NS(=O)(=O)CCCCCCCCCOCC1CCCCO1. The van der Waals surface area contributed by atoms with E-state index in [0.717, 1.165) is 51.9 Å². The van der Waals surface area contributed by atoms with Crippen LogP contribution in [0.15, 0.2) is 0 Å². The van der Waals surface area contributed by atoms with E-state index in [0.29, 0.717) is 12.5 Å². The van der Waals surface area contributed by atoms with Gasteiger partial charge in [-0.05, 0) is 32.1 Å². The van der Waals surface area contributed by atoms with Crippen LogP contribution in [-0.2, 0) is 19.5 Å². The van der Waals surface area contributed by atoms with Gasteiger partial charge >= 0.3 is 0 Å². The van der Waals surface area contributed by atoms with Crippen LogP contribution in [0.4, 0.5) is 0 Å². The molecule has 1 atom stereocenters. The normalized spacial score (nSPS) is 19.8. The fourth-order valence-corrected chi connectivity index (χ4v) is 3.15. The molecule has 1 aliphatic rings. The number of unbranched alkanes of at least 4 members (excludes halogenated alkanes) is 6. The van der Waals surface area contributed by atoms with E-state index in [1.54, 1.807) is 0 Å². The second-order valence-corrected chi connectivity index (χ2v) is 7.64. The summed E-state index contributed by atoms with van der Waals surface area (Å²) < 4.78 is 32.7. The predicted molar refractivity (Wildman–Crippen MR) is 84.7 cm³/mol. The minimum Gasteiger partial charge on any atom is -0.379 e. The van der Waals surface area contributed by atoms with E-state index in [1.807, 2.05) is 0 Å². The van der Waals surface area contributed by atoms with Gasteiger partial charge in [-0.15, -0.1) is 0 Å². The number of rotatable bonds is 12. The highest BCUT2D eigenvalue weighted by Gasteiger charge is 2.13. The maximum Gasteiger partial charge on any atom is 0.209 e. The Kier molecular flexibility index (Phi) is 10.3. The van der Waals surface area contributed by atoms with Gasteiger partial charge in [0.1, 0.15) is 0 Å². The highest BCUT2D eigenvalue weighted by Crippen LogP contribution is 2.13. The van der Waals surface area contributed by atoms with Crippen molar-refractivity contribution in [2.24, 2.45) is 5.14 Å². The molecule has 1 aliphatic heterocycles. The van der Waals surface area contributed by atoms with Gasteiger partial charge in [-0.1, -0.05) is 32.1 Å². The molecule has 2 N–H and O–H groups in total. The molecule has 0 spiro atoms. The van der Waals surface area contributed by atoms with Crippen molar-refractivity contribution in [3.63, 3.8) is 0 Å². The van der Waals surface area contributed by atoms with Crippen molar-refractivity contribution in [1.82, 2.24) is 0 Å². The van der Waals surface area contributed by atoms with E-state index >= 15 is 0 Å². The van der Waals surface area contributed by atoms with Crippen molar-refractivity contribution < 1.29 is 17.9 Å². The van der Waals surface area contributed by atoms with Gasteiger partial charge in [-0.3, -0.25) is 0 Å². The maximum absolute atomic E-state index is 10.7. The summed E-state index contributed by atoms with van der Waals surface area (Å²) in [7, 11) is -3.27. The zero-order valence-electron chi connectivity index (χ0n) is 13.1. The van der Waals surface area contributed by atoms with Gasteiger partial charge < -0.3 is 9.47 Å². The third-order valence-electron chi connectivity index (χ3n) is 3.80. The number of sulfonamides is 1. The molecule has 0 aromatic heterocycles. The van der Waals surface area contributed by atoms with E-state index in [9.17, 15) is 8.42 Å². The van der Waals surface area contributed by atoms with Crippen molar-refractivity contribution in [3.8, 4) is 0 Å². The third-order valence-corrected chi connectivity index (χ3v) is 4.65. The van der Waals surface area contributed by atoms with Gasteiger partial charge in [-0.2, -0.15) is 0 Å². The van der Waals surface area contributed by atoms with Gasteiger partial charge in [0.15, 0.2) is 0 Å². The molecule has 0 amide bonds. The van der Waals surface area contributed by atoms with E-state index in [-0.39, 0.29) is 5.75 Å². The minimum atomic E-state index is -3.27. The molecule has 1 fully saturated rings. The summed E-state index contributed by atoms with van der Waals surface area (Å²) in [6, 6.07) is 0. The Morgan fingerprint density at radius 2 is 1.67 bits per heavy atom. The summed E-state index contributed by atoms with van der Waals surface area (Å²) in [6.07, 6.45) is 11.3. The molecule has 0 radical (unpaired) electrons. The maximum atomic E-state index is 10.7. The molecule has 0 aromatic carbocycles. The van der Waals surface area contributed by atoms with Crippen molar-refractivity contribution in [2.45, 2.75) is 70.3 Å². The summed E-state index contributed by atoms with van der Waals surface area (Å²) in [5.41, 5.74) is 0. The zero-order chi connectivity index (χ0) is 15.4. The molecule has 0 aromatic rings. The fourth-order valence-electron chi connectivity index (χ4n) is 2.54. The number of ether oxygens (including phenoxy) is 2. The quantitative estimate of drug-likeness (QED) is 0.560. The molecule has 1 heterocycles. The van der Waals surface area contributed by atoms with E-state index < -0.39 is 10.0 Å². The Morgan fingerprint density at radius 3 is 2.29 bits per heavy atom. The predicted octanol–water partition coefficient (Wildman–Crippen LogP) is 2.59. The molecule has 0 aliphatic carbocycles. The molecule has 1 unspecified atom stereocenters. The summed E-state index contributed by atoms with van der Waals surface area (Å²) in [6.45, 7) is 2.46. The van der Waals surface area contributed by atoms with Crippen LogP contribution in [-0.4, -0.2) is 40.1 Å². The lowest BCUT2D eigenvalue weighted by Gasteiger charge is -2.22. The van der Waals surface area contributed by atoms with Crippen molar-refractivity contribution in [3.05, 3.63) is 0 Å². The van der Waals surface area contributed by atoms with E-state index in [2.05, 4.69) is 0 Å². The monoisotopic (exact) mass is 321 g/mol. The van der Waals surface area contributed by atoms with Crippen LogP contribution in [0.2, 0.25) is 0 Å². The zero-order valence-corrected chi connectivity index (χ0v) is 13.9. The molecule has 126 valence electrons. The summed E-state index contributed by atoms with van der Waals surface area (Å²) in [5.74, 6) is 0.115. The number of hydrogen-bond donors (Lipinski definition) is 1. The van der Waals surface area contributed by atoms with Crippen LogP contribution in [0.3, 0.4) is 0 Å². The summed E-state index contributed by atoms with van der Waals surface area (Å²) >= 11 is 0. The topological polar surface area (TPSA) is 78.6 Å². The molecule has 1 saturated heterocycles. The van der Waals surface area contributed by atoms with Crippen LogP contribution < -0.4 is 5.14 Å². The van der Waals surface area contributed by atoms with Crippen LogP contribution in [0.1, 0.15) is 64.2 Å².